The van der Waals surface area contributed by atoms with E-state index in [0.717, 1.165) is 22.5 Å². The van der Waals surface area contributed by atoms with E-state index in [9.17, 15) is 4.79 Å². The molecule has 3 N–H and O–H groups in total. The molecular weight excluding hydrogens is 288 g/mol. The molecule has 0 fully saturated rings. The molecule has 116 valence electrons. The third kappa shape index (κ3) is 3.54. The van der Waals surface area contributed by atoms with Crippen LogP contribution in [-0.4, -0.2) is 21.5 Å². The second-order valence-corrected chi connectivity index (χ2v) is 6.23. The summed E-state index contributed by atoms with van der Waals surface area (Å²) in [6.45, 7) is 8.05. The molecule has 0 bridgehead atoms. The average Bonchev–Trinajstić information content (AvgIpc) is 2.66. The number of aryl methyl sites for hydroxylation is 1. The minimum Gasteiger partial charge on any atom is -0.331 e. The van der Waals surface area contributed by atoms with Gasteiger partial charge in [-0.25, -0.2) is 4.98 Å². The highest BCUT2D eigenvalue weighted by atomic mass is 35.5. The zero-order chi connectivity index (χ0) is 15.1. The van der Waals surface area contributed by atoms with E-state index in [0.29, 0.717) is 0 Å². The van der Waals surface area contributed by atoms with Crippen molar-refractivity contribution in [1.82, 2.24) is 9.55 Å². The fourth-order valence-corrected chi connectivity index (χ4v) is 2.20. The summed E-state index contributed by atoms with van der Waals surface area (Å²) in [5, 5.41) is 2.79. The Balaban J connectivity index is 0.00000220. The van der Waals surface area contributed by atoms with Crippen LogP contribution in [0, 0.1) is 0 Å². The van der Waals surface area contributed by atoms with E-state index < -0.39 is 6.04 Å². The Morgan fingerprint density at radius 2 is 2.00 bits per heavy atom. The van der Waals surface area contributed by atoms with Gasteiger partial charge >= 0.3 is 0 Å². The first-order valence-corrected chi connectivity index (χ1v) is 6.73. The number of nitrogens with one attached hydrogen (secondary N) is 1. The van der Waals surface area contributed by atoms with Crippen LogP contribution in [-0.2, 0) is 17.3 Å². The largest absolute Gasteiger partial charge is 0.331 e. The molecule has 2 aromatic rings. The molecule has 0 saturated heterocycles. The number of aromatic nitrogens is 2. The molecule has 6 heteroatoms. The van der Waals surface area contributed by atoms with Gasteiger partial charge in [0.05, 0.1) is 17.1 Å². The van der Waals surface area contributed by atoms with Crippen molar-refractivity contribution >= 4 is 35.0 Å². The number of benzene rings is 1. The van der Waals surface area contributed by atoms with Crippen LogP contribution >= 0.6 is 12.4 Å². The van der Waals surface area contributed by atoms with Crippen molar-refractivity contribution in [2.75, 3.05) is 5.32 Å². The van der Waals surface area contributed by atoms with Crippen LogP contribution < -0.4 is 11.1 Å². The molecule has 5 nitrogen and oxygen atoms in total. The zero-order valence-electron chi connectivity index (χ0n) is 13.1. The van der Waals surface area contributed by atoms with Crippen LogP contribution in [0.1, 0.15) is 33.5 Å². The molecule has 1 aromatic carbocycles. The number of fused-ring (bicyclic) bond motifs is 1. The lowest BCUT2D eigenvalue weighted by Gasteiger charge is -2.17. The summed E-state index contributed by atoms with van der Waals surface area (Å²) in [7, 11) is 2.01. The molecule has 0 saturated carbocycles. The normalized spacial score (nSPS) is 12.9. The van der Waals surface area contributed by atoms with Crippen LogP contribution in [0.5, 0.6) is 0 Å². The second-order valence-electron chi connectivity index (χ2n) is 6.23. The summed E-state index contributed by atoms with van der Waals surface area (Å²) in [5.41, 5.74) is 8.17. The number of nitrogens with two attached hydrogens (primary N) is 1. The van der Waals surface area contributed by atoms with Crippen molar-refractivity contribution in [3.63, 3.8) is 0 Å². The SMILES string of the molecule is C[C@@H](N)C(=O)Nc1ccc2c(c1)nc(C(C)(C)C)n2C.Cl. The van der Waals surface area contributed by atoms with Gasteiger partial charge in [-0.3, -0.25) is 4.79 Å². The van der Waals surface area contributed by atoms with Gasteiger partial charge in [0.2, 0.25) is 5.91 Å². The summed E-state index contributed by atoms with van der Waals surface area (Å²) in [5.74, 6) is 0.819. The molecule has 1 amide bonds. The lowest BCUT2D eigenvalue weighted by atomic mass is 9.96. The van der Waals surface area contributed by atoms with Crippen molar-refractivity contribution in [3.05, 3.63) is 24.0 Å². The number of hydrogen-bond acceptors (Lipinski definition) is 3. The summed E-state index contributed by atoms with van der Waals surface area (Å²) in [6, 6.07) is 5.19. The number of nitrogens with zero attached hydrogens (tertiary/aromatic N) is 2. The molecular formula is C15H23ClN4O. The van der Waals surface area contributed by atoms with Crippen molar-refractivity contribution in [2.45, 2.75) is 39.2 Å². The number of halogens is 1. The van der Waals surface area contributed by atoms with E-state index in [1.807, 2.05) is 25.2 Å². The lowest BCUT2D eigenvalue weighted by molar-refractivity contribution is -0.117. The summed E-state index contributed by atoms with van der Waals surface area (Å²) < 4.78 is 2.09. The Kier molecular flexibility index (Phi) is 5.02. The van der Waals surface area contributed by atoms with E-state index in [-0.39, 0.29) is 23.7 Å². The van der Waals surface area contributed by atoms with Gasteiger partial charge in [-0.1, -0.05) is 20.8 Å². The molecule has 0 radical (unpaired) electrons. The molecule has 0 spiro atoms. The molecule has 1 atom stereocenters. The monoisotopic (exact) mass is 310 g/mol. The Hall–Kier alpha value is -1.59. The van der Waals surface area contributed by atoms with Crippen LogP contribution in [0.2, 0.25) is 0 Å². The predicted octanol–water partition coefficient (Wildman–Crippen LogP) is 2.58. The lowest BCUT2D eigenvalue weighted by Crippen LogP contribution is -2.32. The smallest absolute Gasteiger partial charge is 0.240 e. The maximum absolute atomic E-state index is 11.6. The van der Waals surface area contributed by atoms with Gasteiger partial charge in [-0.15, -0.1) is 12.4 Å². The number of amides is 1. The number of hydrogen-bond donors (Lipinski definition) is 2. The van der Waals surface area contributed by atoms with Crippen molar-refractivity contribution < 1.29 is 4.79 Å². The van der Waals surface area contributed by atoms with Gasteiger partial charge in [0.15, 0.2) is 0 Å². The molecule has 0 unspecified atom stereocenters. The molecule has 2 rings (SSSR count). The Bertz CT molecular complexity index is 655. The fraction of sp³-hybridized carbons (Fsp3) is 0.467. The van der Waals surface area contributed by atoms with E-state index >= 15 is 0 Å². The van der Waals surface area contributed by atoms with Crippen LogP contribution in [0.15, 0.2) is 18.2 Å². The van der Waals surface area contributed by atoms with Crippen molar-refractivity contribution in [3.8, 4) is 0 Å². The standard InChI is InChI=1S/C15H22N4O.ClH/c1-9(16)13(20)17-10-6-7-12-11(8-10)18-14(19(12)5)15(2,3)4;/h6-9H,16H2,1-5H3,(H,17,20);1H/t9-;/m1./s1. The number of carbonyl (C=O) groups excluding carboxylic acids is 1. The highest BCUT2D eigenvalue weighted by Crippen LogP contribution is 2.26. The molecule has 1 heterocycles. The third-order valence-corrected chi connectivity index (χ3v) is 3.23. The molecule has 21 heavy (non-hydrogen) atoms. The van der Waals surface area contributed by atoms with Gasteiger partial charge in [0.25, 0.3) is 0 Å². The first kappa shape index (κ1) is 17.5. The van der Waals surface area contributed by atoms with Gasteiger partial charge < -0.3 is 15.6 Å². The summed E-state index contributed by atoms with van der Waals surface area (Å²) in [4.78, 5) is 16.3. The van der Waals surface area contributed by atoms with E-state index in [4.69, 9.17) is 5.73 Å². The molecule has 0 aliphatic heterocycles. The van der Waals surface area contributed by atoms with E-state index in [1.165, 1.54) is 0 Å². The number of rotatable bonds is 2. The Labute approximate surface area is 131 Å². The van der Waals surface area contributed by atoms with Gasteiger partial charge in [-0.2, -0.15) is 0 Å². The number of carbonyl (C=O) groups is 1. The van der Waals surface area contributed by atoms with E-state index in [2.05, 4.69) is 35.6 Å². The minimum atomic E-state index is -0.528. The maximum atomic E-state index is 11.6. The maximum Gasteiger partial charge on any atom is 0.240 e. The van der Waals surface area contributed by atoms with Crippen LogP contribution in [0.3, 0.4) is 0 Å². The Morgan fingerprint density at radius 1 is 1.38 bits per heavy atom. The van der Waals surface area contributed by atoms with Crippen molar-refractivity contribution in [1.29, 1.82) is 0 Å². The van der Waals surface area contributed by atoms with Gasteiger partial charge in [0, 0.05) is 18.2 Å². The number of anilines is 1. The third-order valence-electron chi connectivity index (χ3n) is 3.23. The van der Waals surface area contributed by atoms with Crippen LogP contribution in [0.4, 0.5) is 5.69 Å². The van der Waals surface area contributed by atoms with Gasteiger partial charge in [-0.05, 0) is 25.1 Å². The molecule has 0 aliphatic carbocycles. The molecule has 0 aliphatic rings. The Morgan fingerprint density at radius 3 is 2.52 bits per heavy atom. The quantitative estimate of drug-likeness (QED) is 0.895. The topological polar surface area (TPSA) is 72.9 Å². The first-order chi connectivity index (χ1) is 9.20. The first-order valence-electron chi connectivity index (χ1n) is 6.73. The predicted molar refractivity (Wildman–Crippen MR) is 88.9 cm³/mol. The van der Waals surface area contributed by atoms with Crippen LogP contribution in [0.25, 0.3) is 11.0 Å². The minimum absolute atomic E-state index is 0. The zero-order valence-corrected chi connectivity index (χ0v) is 13.9. The highest BCUT2D eigenvalue weighted by Gasteiger charge is 2.21. The summed E-state index contributed by atoms with van der Waals surface area (Å²) >= 11 is 0. The molecule has 1 aromatic heterocycles. The summed E-state index contributed by atoms with van der Waals surface area (Å²) in [6.07, 6.45) is 0. The average molecular weight is 311 g/mol. The highest BCUT2D eigenvalue weighted by molar-refractivity contribution is 5.96. The second kappa shape index (κ2) is 6.03. The van der Waals surface area contributed by atoms with E-state index in [1.54, 1.807) is 6.92 Å². The fourth-order valence-electron chi connectivity index (χ4n) is 2.20. The van der Waals surface area contributed by atoms with Gasteiger partial charge in [0.1, 0.15) is 5.82 Å². The van der Waals surface area contributed by atoms with Crippen molar-refractivity contribution in [2.24, 2.45) is 12.8 Å². The number of imidazole rings is 1.